The molecule has 2 rings (SSSR count). The molecule has 88 valence electrons. The van der Waals surface area contributed by atoms with E-state index in [9.17, 15) is 0 Å². The molecule has 0 bridgehead atoms. The summed E-state index contributed by atoms with van der Waals surface area (Å²) >= 11 is 0. The number of benzene rings is 1. The highest BCUT2D eigenvalue weighted by Gasteiger charge is 2.11. The third kappa shape index (κ3) is 2.28. The van der Waals surface area contributed by atoms with Crippen LogP contribution in [0.2, 0.25) is 0 Å². The van der Waals surface area contributed by atoms with Gasteiger partial charge in [-0.15, -0.1) is 0 Å². The fraction of sp³-hybridized carbons (Fsp3) is 0.167. The first-order valence-electron chi connectivity index (χ1n) is 5.19. The predicted molar refractivity (Wildman–Crippen MR) is 65.2 cm³/mol. The summed E-state index contributed by atoms with van der Waals surface area (Å²) in [5.74, 6) is 0.722. The summed E-state index contributed by atoms with van der Waals surface area (Å²) in [6.45, 7) is 1.72. The average molecular weight is 231 g/mol. The smallest absolute Gasteiger partial charge is 0.180 e. The van der Waals surface area contributed by atoms with E-state index >= 15 is 0 Å². The van der Waals surface area contributed by atoms with Crippen molar-refractivity contribution in [1.29, 1.82) is 0 Å². The van der Waals surface area contributed by atoms with E-state index in [-0.39, 0.29) is 5.84 Å². The third-order valence-corrected chi connectivity index (χ3v) is 2.48. The van der Waals surface area contributed by atoms with Crippen LogP contribution in [0.1, 0.15) is 6.92 Å². The maximum absolute atomic E-state index is 8.57. The average Bonchev–Trinajstić information content (AvgIpc) is 2.38. The van der Waals surface area contributed by atoms with Crippen molar-refractivity contribution in [3.05, 3.63) is 36.7 Å². The SMILES string of the molecule is CC(Oc1cccc2cnccc12)/C(N)=N\O. The summed E-state index contributed by atoms with van der Waals surface area (Å²) in [4.78, 5) is 4.04. The Morgan fingerprint density at radius 1 is 1.47 bits per heavy atom. The molecule has 0 saturated heterocycles. The number of nitrogens with two attached hydrogens (primary N) is 1. The van der Waals surface area contributed by atoms with Gasteiger partial charge in [0.25, 0.3) is 0 Å². The Hall–Kier alpha value is -2.30. The molecule has 0 fully saturated rings. The van der Waals surface area contributed by atoms with Gasteiger partial charge in [0, 0.05) is 23.2 Å². The number of nitrogens with zero attached hydrogens (tertiary/aromatic N) is 2. The van der Waals surface area contributed by atoms with Crippen molar-refractivity contribution in [2.45, 2.75) is 13.0 Å². The molecule has 17 heavy (non-hydrogen) atoms. The maximum atomic E-state index is 8.57. The molecule has 0 aliphatic rings. The molecular formula is C12H13N3O2. The second-order valence-electron chi connectivity index (χ2n) is 3.64. The predicted octanol–water partition coefficient (Wildman–Crippen LogP) is 1.75. The van der Waals surface area contributed by atoms with Gasteiger partial charge in [0.15, 0.2) is 11.9 Å². The second-order valence-corrected chi connectivity index (χ2v) is 3.64. The Morgan fingerprint density at radius 2 is 2.29 bits per heavy atom. The zero-order chi connectivity index (χ0) is 12.3. The standard InChI is InChI=1S/C12H13N3O2/c1-8(12(13)15-16)17-11-4-2-3-9-7-14-6-5-10(9)11/h2-8,16H,1H3,(H2,13,15). The van der Waals surface area contributed by atoms with E-state index in [1.807, 2.05) is 24.3 Å². The molecule has 2 aromatic rings. The molecule has 0 radical (unpaired) electrons. The lowest BCUT2D eigenvalue weighted by Gasteiger charge is -2.14. The molecule has 1 atom stereocenters. The molecule has 1 aromatic carbocycles. The van der Waals surface area contributed by atoms with Gasteiger partial charge in [-0.05, 0) is 19.1 Å². The van der Waals surface area contributed by atoms with Crippen LogP contribution in [0.3, 0.4) is 0 Å². The lowest BCUT2D eigenvalue weighted by molar-refractivity contribution is 0.268. The molecule has 1 aromatic heterocycles. The van der Waals surface area contributed by atoms with Crippen LogP contribution < -0.4 is 10.5 Å². The number of pyridine rings is 1. The van der Waals surface area contributed by atoms with E-state index in [2.05, 4.69) is 10.1 Å². The highest BCUT2D eigenvalue weighted by Crippen LogP contribution is 2.25. The van der Waals surface area contributed by atoms with Gasteiger partial charge >= 0.3 is 0 Å². The van der Waals surface area contributed by atoms with Crippen LogP contribution in [-0.4, -0.2) is 22.1 Å². The summed E-state index contributed by atoms with van der Waals surface area (Å²) in [6, 6.07) is 7.52. The zero-order valence-electron chi connectivity index (χ0n) is 9.37. The van der Waals surface area contributed by atoms with Crippen LogP contribution >= 0.6 is 0 Å². The van der Waals surface area contributed by atoms with Crippen LogP contribution in [0.15, 0.2) is 41.8 Å². The van der Waals surface area contributed by atoms with E-state index in [0.717, 1.165) is 10.8 Å². The molecule has 5 nitrogen and oxygen atoms in total. The van der Waals surface area contributed by atoms with Crippen LogP contribution in [0.5, 0.6) is 5.75 Å². The van der Waals surface area contributed by atoms with Crippen molar-refractivity contribution < 1.29 is 9.94 Å². The molecule has 0 aliphatic carbocycles. The number of hydrogen-bond acceptors (Lipinski definition) is 4. The Kier molecular flexibility index (Phi) is 3.09. The summed E-state index contributed by atoms with van der Waals surface area (Å²) < 4.78 is 5.64. The number of hydrogen-bond donors (Lipinski definition) is 2. The summed E-state index contributed by atoms with van der Waals surface area (Å²) in [5, 5.41) is 13.4. The lowest BCUT2D eigenvalue weighted by atomic mass is 10.1. The Bertz CT molecular complexity index is 549. The quantitative estimate of drug-likeness (QED) is 0.365. The molecule has 0 aliphatic heterocycles. The van der Waals surface area contributed by atoms with Crippen LogP contribution in [0.25, 0.3) is 10.8 Å². The summed E-state index contributed by atoms with van der Waals surface area (Å²) in [5.41, 5.74) is 5.47. The molecule has 0 saturated carbocycles. The van der Waals surface area contributed by atoms with Gasteiger partial charge in [0.2, 0.25) is 0 Å². The molecule has 1 unspecified atom stereocenters. The maximum Gasteiger partial charge on any atom is 0.180 e. The van der Waals surface area contributed by atoms with Crippen LogP contribution in [0, 0.1) is 0 Å². The van der Waals surface area contributed by atoms with E-state index in [1.165, 1.54) is 0 Å². The van der Waals surface area contributed by atoms with Gasteiger partial charge in [0.05, 0.1) is 0 Å². The lowest BCUT2D eigenvalue weighted by Crippen LogP contribution is -2.31. The molecular weight excluding hydrogens is 218 g/mol. The van der Waals surface area contributed by atoms with Crippen molar-refractivity contribution in [1.82, 2.24) is 4.98 Å². The number of rotatable bonds is 3. The number of amidine groups is 1. The number of oxime groups is 1. The fourth-order valence-corrected chi connectivity index (χ4v) is 1.53. The topological polar surface area (TPSA) is 80.7 Å². The van der Waals surface area contributed by atoms with Crippen molar-refractivity contribution in [3.63, 3.8) is 0 Å². The van der Waals surface area contributed by atoms with Crippen LogP contribution in [-0.2, 0) is 0 Å². The minimum Gasteiger partial charge on any atom is -0.482 e. The number of ether oxygens (including phenoxy) is 1. The van der Waals surface area contributed by atoms with Gasteiger partial charge < -0.3 is 15.7 Å². The van der Waals surface area contributed by atoms with Crippen molar-refractivity contribution >= 4 is 16.6 Å². The van der Waals surface area contributed by atoms with Gasteiger partial charge in [-0.25, -0.2) is 0 Å². The van der Waals surface area contributed by atoms with E-state index in [1.54, 1.807) is 19.3 Å². The zero-order valence-corrected chi connectivity index (χ0v) is 9.37. The minimum absolute atomic E-state index is 0.0380. The first kappa shape index (κ1) is 11.2. The molecule has 1 heterocycles. The molecule has 0 amide bonds. The molecule has 5 heteroatoms. The highest BCUT2D eigenvalue weighted by molar-refractivity contribution is 5.89. The Morgan fingerprint density at radius 3 is 3.06 bits per heavy atom. The van der Waals surface area contributed by atoms with Crippen LogP contribution in [0.4, 0.5) is 0 Å². The van der Waals surface area contributed by atoms with E-state index in [4.69, 9.17) is 15.7 Å². The summed E-state index contributed by atoms with van der Waals surface area (Å²) in [6.07, 6.45) is 2.97. The Labute approximate surface area is 98.5 Å². The monoisotopic (exact) mass is 231 g/mol. The van der Waals surface area contributed by atoms with Gasteiger partial charge in [-0.2, -0.15) is 0 Å². The summed E-state index contributed by atoms with van der Waals surface area (Å²) in [7, 11) is 0. The normalized spacial score (nSPS) is 13.6. The first-order valence-corrected chi connectivity index (χ1v) is 5.19. The van der Waals surface area contributed by atoms with Gasteiger partial charge in [0.1, 0.15) is 5.75 Å². The second kappa shape index (κ2) is 4.69. The number of fused-ring (bicyclic) bond motifs is 1. The molecule has 3 N–H and O–H groups in total. The van der Waals surface area contributed by atoms with E-state index < -0.39 is 6.10 Å². The van der Waals surface area contributed by atoms with E-state index in [0.29, 0.717) is 5.75 Å². The van der Waals surface area contributed by atoms with Gasteiger partial charge in [-0.1, -0.05) is 17.3 Å². The first-order chi connectivity index (χ1) is 8.22. The van der Waals surface area contributed by atoms with Crippen molar-refractivity contribution in [3.8, 4) is 5.75 Å². The van der Waals surface area contributed by atoms with Gasteiger partial charge in [-0.3, -0.25) is 4.98 Å². The fourth-order valence-electron chi connectivity index (χ4n) is 1.53. The van der Waals surface area contributed by atoms with Crippen molar-refractivity contribution in [2.75, 3.05) is 0 Å². The number of aromatic nitrogens is 1. The third-order valence-electron chi connectivity index (χ3n) is 2.48. The van der Waals surface area contributed by atoms with Crippen molar-refractivity contribution in [2.24, 2.45) is 10.9 Å². The Balaban J connectivity index is 2.36. The molecule has 0 spiro atoms. The minimum atomic E-state index is -0.487. The largest absolute Gasteiger partial charge is 0.482 e. The highest BCUT2D eigenvalue weighted by atomic mass is 16.5.